The molecule has 2 aromatic rings. The molecule has 0 aliphatic carbocycles. The lowest BCUT2D eigenvalue weighted by molar-refractivity contribution is 0.307. The Bertz CT molecular complexity index is 596. The van der Waals surface area contributed by atoms with Crippen LogP contribution in [0, 0.1) is 13.8 Å². The Morgan fingerprint density at radius 1 is 1.20 bits per heavy atom. The second-order valence-electron chi connectivity index (χ2n) is 4.81. The highest BCUT2D eigenvalue weighted by atomic mass is 16.5. The molecule has 0 saturated heterocycles. The molecule has 0 aliphatic rings. The maximum Gasteiger partial charge on any atom is 0.239 e. The quantitative estimate of drug-likeness (QED) is 0.868. The second kappa shape index (κ2) is 6.28. The zero-order valence-electron chi connectivity index (χ0n) is 12.2. The summed E-state index contributed by atoms with van der Waals surface area (Å²) >= 11 is 0. The fraction of sp³-hybridized carbons (Fsp3) is 0.312. The van der Waals surface area contributed by atoms with E-state index in [1.165, 1.54) is 11.1 Å². The summed E-state index contributed by atoms with van der Waals surface area (Å²) in [7, 11) is 0. The first-order valence-corrected chi connectivity index (χ1v) is 6.84. The van der Waals surface area contributed by atoms with E-state index in [1.807, 2.05) is 31.2 Å². The van der Waals surface area contributed by atoms with Crippen LogP contribution < -0.4 is 15.8 Å². The van der Waals surface area contributed by atoms with Crippen LogP contribution in [0.5, 0.6) is 5.88 Å². The van der Waals surface area contributed by atoms with Crippen LogP contribution in [-0.2, 0) is 0 Å². The van der Waals surface area contributed by atoms with Crippen molar-refractivity contribution in [1.82, 2.24) is 4.98 Å². The molecule has 2 rings (SSSR count). The summed E-state index contributed by atoms with van der Waals surface area (Å²) in [5.41, 5.74) is 9.92. The predicted octanol–water partition coefficient (Wildman–Crippen LogP) is 3.81. The Labute approximate surface area is 120 Å². The van der Waals surface area contributed by atoms with Crippen LogP contribution in [0.25, 0.3) is 0 Å². The number of nitrogens with two attached hydrogens (primary N) is 1. The van der Waals surface area contributed by atoms with E-state index in [4.69, 9.17) is 10.5 Å². The van der Waals surface area contributed by atoms with Crippen molar-refractivity contribution in [2.24, 2.45) is 0 Å². The van der Waals surface area contributed by atoms with E-state index in [2.05, 4.69) is 30.2 Å². The number of anilines is 3. The number of pyridine rings is 1. The number of nitrogen functional groups attached to an aromatic ring is 1. The maximum absolute atomic E-state index is 5.86. The molecule has 1 heterocycles. The standard InChI is InChI=1S/C16H21N3O/c1-4-10-20-16-13(17)8-9-15(19-16)18-14-7-5-6-11(2)12(14)3/h5-9H,4,10,17H2,1-3H3,(H,18,19). The number of hydrogen-bond acceptors (Lipinski definition) is 4. The van der Waals surface area contributed by atoms with E-state index in [0.29, 0.717) is 18.2 Å². The zero-order chi connectivity index (χ0) is 14.5. The Hall–Kier alpha value is -2.23. The fourth-order valence-corrected chi connectivity index (χ4v) is 1.86. The molecule has 4 heteroatoms. The zero-order valence-corrected chi connectivity index (χ0v) is 12.2. The predicted molar refractivity (Wildman–Crippen MR) is 83.6 cm³/mol. The average molecular weight is 271 g/mol. The Balaban J connectivity index is 2.23. The minimum Gasteiger partial charge on any atom is -0.476 e. The van der Waals surface area contributed by atoms with Crippen LogP contribution in [0.4, 0.5) is 17.2 Å². The SMILES string of the molecule is CCCOc1nc(Nc2cccc(C)c2C)ccc1N. The molecule has 0 amide bonds. The fourth-order valence-electron chi connectivity index (χ4n) is 1.86. The summed E-state index contributed by atoms with van der Waals surface area (Å²) in [6.07, 6.45) is 0.926. The third-order valence-corrected chi connectivity index (χ3v) is 3.20. The van der Waals surface area contributed by atoms with Gasteiger partial charge in [-0.2, -0.15) is 4.98 Å². The van der Waals surface area contributed by atoms with Crippen molar-refractivity contribution in [2.75, 3.05) is 17.7 Å². The summed E-state index contributed by atoms with van der Waals surface area (Å²) < 4.78 is 5.54. The molecule has 20 heavy (non-hydrogen) atoms. The lowest BCUT2D eigenvalue weighted by atomic mass is 10.1. The number of aromatic nitrogens is 1. The van der Waals surface area contributed by atoms with Crippen LogP contribution in [0.2, 0.25) is 0 Å². The highest BCUT2D eigenvalue weighted by Gasteiger charge is 2.06. The van der Waals surface area contributed by atoms with E-state index in [9.17, 15) is 0 Å². The third kappa shape index (κ3) is 3.20. The van der Waals surface area contributed by atoms with Crippen molar-refractivity contribution in [2.45, 2.75) is 27.2 Å². The summed E-state index contributed by atoms with van der Waals surface area (Å²) in [4.78, 5) is 4.42. The van der Waals surface area contributed by atoms with Crippen molar-refractivity contribution in [1.29, 1.82) is 0 Å². The molecule has 0 spiro atoms. The van der Waals surface area contributed by atoms with Gasteiger partial charge in [-0.15, -0.1) is 0 Å². The van der Waals surface area contributed by atoms with Gasteiger partial charge in [-0.1, -0.05) is 19.1 Å². The van der Waals surface area contributed by atoms with E-state index in [1.54, 1.807) is 0 Å². The van der Waals surface area contributed by atoms with E-state index in [-0.39, 0.29) is 0 Å². The van der Waals surface area contributed by atoms with E-state index in [0.717, 1.165) is 17.9 Å². The topological polar surface area (TPSA) is 60.2 Å². The Morgan fingerprint density at radius 2 is 2.00 bits per heavy atom. The van der Waals surface area contributed by atoms with Crippen molar-refractivity contribution in [3.63, 3.8) is 0 Å². The van der Waals surface area contributed by atoms with Gasteiger partial charge in [0.2, 0.25) is 5.88 Å². The Kier molecular flexibility index (Phi) is 4.45. The lowest BCUT2D eigenvalue weighted by Crippen LogP contribution is -2.04. The molecule has 1 aromatic heterocycles. The van der Waals surface area contributed by atoms with Gasteiger partial charge in [0.15, 0.2) is 0 Å². The molecular weight excluding hydrogens is 250 g/mol. The Morgan fingerprint density at radius 3 is 2.75 bits per heavy atom. The summed E-state index contributed by atoms with van der Waals surface area (Å²) in [6, 6.07) is 9.82. The van der Waals surface area contributed by atoms with Crippen LogP contribution >= 0.6 is 0 Å². The molecule has 106 valence electrons. The molecule has 1 aromatic carbocycles. The maximum atomic E-state index is 5.86. The number of hydrogen-bond donors (Lipinski definition) is 2. The second-order valence-corrected chi connectivity index (χ2v) is 4.81. The molecule has 4 nitrogen and oxygen atoms in total. The van der Waals surface area contributed by atoms with Gasteiger partial charge in [-0.3, -0.25) is 0 Å². The van der Waals surface area contributed by atoms with Crippen LogP contribution in [-0.4, -0.2) is 11.6 Å². The van der Waals surface area contributed by atoms with Gasteiger partial charge in [0, 0.05) is 5.69 Å². The highest BCUT2D eigenvalue weighted by molar-refractivity contribution is 5.64. The van der Waals surface area contributed by atoms with Gasteiger partial charge in [0.05, 0.1) is 12.3 Å². The van der Waals surface area contributed by atoms with Crippen molar-refractivity contribution >= 4 is 17.2 Å². The average Bonchev–Trinajstić information content (AvgIpc) is 2.44. The molecule has 0 fully saturated rings. The minimum atomic E-state index is 0.488. The molecule has 0 saturated carbocycles. The van der Waals surface area contributed by atoms with Crippen LogP contribution in [0.15, 0.2) is 30.3 Å². The number of aryl methyl sites for hydroxylation is 1. The molecule has 0 unspecified atom stereocenters. The molecular formula is C16H21N3O. The highest BCUT2D eigenvalue weighted by Crippen LogP contribution is 2.25. The van der Waals surface area contributed by atoms with Gasteiger partial charge in [0.25, 0.3) is 0 Å². The first-order chi connectivity index (χ1) is 9.61. The van der Waals surface area contributed by atoms with Crippen molar-refractivity contribution < 1.29 is 4.74 Å². The first-order valence-electron chi connectivity index (χ1n) is 6.84. The van der Waals surface area contributed by atoms with Gasteiger partial charge >= 0.3 is 0 Å². The monoisotopic (exact) mass is 271 g/mol. The first kappa shape index (κ1) is 14.2. The summed E-state index contributed by atoms with van der Waals surface area (Å²) in [6.45, 7) is 6.84. The largest absolute Gasteiger partial charge is 0.476 e. The summed E-state index contributed by atoms with van der Waals surface area (Å²) in [5.74, 6) is 1.22. The number of benzene rings is 1. The van der Waals surface area contributed by atoms with Crippen LogP contribution in [0.3, 0.4) is 0 Å². The number of nitrogens with one attached hydrogen (secondary N) is 1. The number of rotatable bonds is 5. The van der Waals surface area contributed by atoms with E-state index >= 15 is 0 Å². The molecule has 0 aliphatic heterocycles. The lowest BCUT2D eigenvalue weighted by Gasteiger charge is -2.13. The van der Waals surface area contributed by atoms with Gasteiger partial charge in [-0.05, 0) is 49.6 Å². The number of nitrogens with zero attached hydrogens (tertiary/aromatic N) is 1. The van der Waals surface area contributed by atoms with Crippen molar-refractivity contribution in [3.05, 3.63) is 41.5 Å². The van der Waals surface area contributed by atoms with Gasteiger partial charge < -0.3 is 15.8 Å². The minimum absolute atomic E-state index is 0.488. The van der Waals surface area contributed by atoms with Crippen molar-refractivity contribution in [3.8, 4) is 5.88 Å². The summed E-state index contributed by atoms with van der Waals surface area (Å²) in [5, 5.41) is 3.31. The van der Waals surface area contributed by atoms with E-state index < -0.39 is 0 Å². The van der Waals surface area contributed by atoms with Crippen LogP contribution in [0.1, 0.15) is 24.5 Å². The van der Waals surface area contributed by atoms with Gasteiger partial charge in [0.1, 0.15) is 5.82 Å². The third-order valence-electron chi connectivity index (χ3n) is 3.20. The number of ether oxygens (including phenoxy) is 1. The molecule has 0 radical (unpaired) electrons. The molecule has 0 atom stereocenters. The normalized spacial score (nSPS) is 10.3. The molecule has 3 N–H and O–H groups in total. The smallest absolute Gasteiger partial charge is 0.239 e. The molecule has 0 bridgehead atoms. The van der Waals surface area contributed by atoms with Gasteiger partial charge in [-0.25, -0.2) is 0 Å².